The molecule has 0 radical (unpaired) electrons. The second-order valence-corrected chi connectivity index (χ2v) is 7.40. The maximum atomic E-state index is 12.4. The highest BCUT2D eigenvalue weighted by atomic mass is 16.5. The summed E-state index contributed by atoms with van der Waals surface area (Å²) in [7, 11) is 0. The number of carboxylic acids is 1. The van der Waals surface area contributed by atoms with Crippen molar-refractivity contribution in [3.63, 3.8) is 0 Å². The lowest BCUT2D eigenvalue weighted by molar-refractivity contribution is -0.139. The Bertz CT molecular complexity index is 984. The molecule has 1 aliphatic carbocycles. The Morgan fingerprint density at radius 1 is 1.10 bits per heavy atom. The van der Waals surface area contributed by atoms with Crippen molar-refractivity contribution in [2.24, 2.45) is 5.92 Å². The van der Waals surface area contributed by atoms with Gasteiger partial charge < -0.3 is 20.5 Å². The highest BCUT2D eigenvalue weighted by Gasteiger charge is 2.30. The summed E-state index contributed by atoms with van der Waals surface area (Å²) in [6.45, 7) is 1.72. The summed E-state index contributed by atoms with van der Waals surface area (Å²) in [5.74, 6) is -2.52. The molecule has 31 heavy (non-hydrogen) atoms. The average molecular weight is 421 g/mol. The molecular formula is C23H23N3O5. The van der Waals surface area contributed by atoms with Gasteiger partial charge in [-0.3, -0.25) is 9.59 Å². The molecular weight excluding hydrogens is 398 g/mol. The maximum Gasteiger partial charge on any atom is 0.407 e. The lowest BCUT2D eigenvalue weighted by atomic mass is 9.98. The average Bonchev–Trinajstić information content (AvgIpc) is 3.08. The van der Waals surface area contributed by atoms with Crippen LogP contribution in [0.15, 0.2) is 48.5 Å². The van der Waals surface area contributed by atoms with Crippen molar-refractivity contribution in [3.8, 4) is 17.2 Å². The monoisotopic (exact) mass is 421 g/mol. The molecule has 0 aliphatic heterocycles. The molecule has 3 rings (SSSR count). The van der Waals surface area contributed by atoms with Gasteiger partial charge in [0.15, 0.2) is 0 Å². The Balaban J connectivity index is 1.65. The smallest absolute Gasteiger partial charge is 0.407 e. The Labute approximate surface area is 179 Å². The van der Waals surface area contributed by atoms with Crippen molar-refractivity contribution in [2.45, 2.75) is 25.3 Å². The van der Waals surface area contributed by atoms with E-state index in [-0.39, 0.29) is 19.1 Å². The Morgan fingerprint density at radius 3 is 2.23 bits per heavy atom. The van der Waals surface area contributed by atoms with Crippen LogP contribution in [-0.2, 0) is 14.3 Å². The topological polar surface area (TPSA) is 129 Å². The molecule has 8 nitrogen and oxygen atoms in total. The van der Waals surface area contributed by atoms with Crippen LogP contribution in [0.25, 0.3) is 11.1 Å². The number of alkyl carbamates (subject to hydrolysis) is 1. The van der Waals surface area contributed by atoms with E-state index in [9.17, 15) is 14.4 Å². The van der Waals surface area contributed by atoms with Crippen LogP contribution in [0.1, 0.15) is 30.4 Å². The van der Waals surface area contributed by atoms with Gasteiger partial charge in [0.1, 0.15) is 12.6 Å². The molecule has 8 heteroatoms. The van der Waals surface area contributed by atoms with Gasteiger partial charge in [0.05, 0.1) is 18.4 Å². The molecule has 0 saturated heterocycles. The molecule has 2 aromatic rings. The van der Waals surface area contributed by atoms with E-state index in [1.54, 1.807) is 6.92 Å². The zero-order valence-corrected chi connectivity index (χ0v) is 17.0. The number of nitriles is 1. The first-order valence-corrected chi connectivity index (χ1v) is 9.91. The van der Waals surface area contributed by atoms with Crippen LogP contribution >= 0.6 is 0 Å². The molecule has 2 aromatic carbocycles. The molecule has 1 aliphatic rings. The van der Waals surface area contributed by atoms with Gasteiger partial charge in [-0.1, -0.05) is 48.5 Å². The Kier molecular flexibility index (Phi) is 6.88. The second kappa shape index (κ2) is 9.76. The minimum absolute atomic E-state index is 0.0484. The third kappa shape index (κ3) is 5.20. The number of hydrogen-bond acceptors (Lipinski definition) is 5. The first-order valence-electron chi connectivity index (χ1n) is 9.91. The van der Waals surface area contributed by atoms with Crippen LogP contribution in [0.4, 0.5) is 4.79 Å². The van der Waals surface area contributed by atoms with Gasteiger partial charge in [-0.15, -0.1) is 0 Å². The number of carboxylic acid groups (broad SMARTS) is 1. The molecule has 0 heterocycles. The first kappa shape index (κ1) is 21.8. The van der Waals surface area contributed by atoms with Crippen molar-refractivity contribution in [1.29, 1.82) is 5.26 Å². The van der Waals surface area contributed by atoms with Crippen LogP contribution in [0.5, 0.6) is 0 Å². The number of carbonyl (C=O) groups is 3. The highest BCUT2D eigenvalue weighted by molar-refractivity contribution is 5.89. The highest BCUT2D eigenvalue weighted by Crippen LogP contribution is 2.44. The summed E-state index contributed by atoms with van der Waals surface area (Å²) in [5.41, 5.74) is 4.26. The zero-order chi connectivity index (χ0) is 22.4. The summed E-state index contributed by atoms with van der Waals surface area (Å²) < 4.78 is 5.37. The van der Waals surface area contributed by atoms with E-state index in [4.69, 9.17) is 15.1 Å². The van der Waals surface area contributed by atoms with E-state index in [1.807, 2.05) is 54.6 Å². The standard InChI is InChI=1S/C23H23N3O5/c1-14(11-24)12-25-22(29)20(10-21(27)28)26-23(30)31-13-19-17-8-4-2-6-15(17)16-7-3-5-9-18(16)19/h2-9,14,19-20H,10,12-13H2,1H3,(H,25,29)(H,26,30)(H,27,28). The minimum atomic E-state index is -1.31. The van der Waals surface area contributed by atoms with Crippen LogP contribution in [0, 0.1) is 17.2 Å². The predicted octanol–water partition coefficient (Wildman–Crippen LogP) is 2.64. The molecule has 0 fully saturated rings. The van der Waals surface area contributed by atoms with Crippen molar-refractivity contribution < 1.29 is 24.2 Å². The number of ether oxygens (including phenoxy) is 1. The normalized spacial score (nSPS) is 13.8. The van der Waals surface area contributed by atoms with Gasteiger partial charge in [-0.2, -0.15) is 5.26 Å². The quantitative estimate of drug-likeness (QED) is 0.601. The van der Waals surface area contributed by atoms with Crippen molar-refractivity contribution >= 4 is 18.0 Å². The Morgan fingerprint density at radius 2 is 1.68 bits per heavy atom. The van der Waals surface area contributed by atoms with E-state index >= 15 is 0 Å². The third-order valence-electron chi connectivity index (χ3n) is 5.13. The lowest BCUT2D eigenvalue weighted by Crippen LogP contribution is -2.48. The van der Waals surface area contributed by atoms with E-state index in [1.165, 1.54) is 0 Å². The van der Waals surface area contributed by atoms with Crippen LogP contribution in [0.3, 0.4) is 0 Å². The number of rotatable bonds is 8. The summed E-state index contributed by atoms with van der Waals surface area (Å²) in [6, 6.07) is 16.4. The minimum Gasteiger partial charge on any atom is -0.481 e. The van der Waals surface area contributed by atoms with Gasteiger partial charge in [0.25, 0.3) is 0 Å². The summed E-state index contributed by atoms with van der Waals surface area (Å²) in [6.07, 6.45) is -1.48. The molecule has 3 N–H and O–H groups in total. The zero-order valence-electron chi connectivity index (χ0n) is 17.0. The van der Waals surface area contributed by atoms with E-state index in [0.29, 0.717) is 0 Å². The van der Waals surface area contributed by atoms with E-state index in [0.717, 1.165) is 22.3 Å². The molecule has 160 valence electrons. The summed E-state index contributed by atoms with van der Waals surface area (Å²) in [4.78, 5) is 35.7. The fraction of sp³-hybridized carbons (Fsp3) is 0.304. The molecule has 0 saturated carbocycles. The second-order valence-electron chi connectivity index (χ2n) is 7.40. The molecule has 0 bridgehead atoms. The van der Waals surface area contributed by atoms with Crippen LogP contribution in [0.2, 0.25) is 0 Å². The maximum absolute atomic E-state index is 12.4. The van der Waals surface area contributed by atoms with Gasteiger partial charge in [0.2, 0.25) is 5.91 Å². The largest absolute Gasteiger partial charge is 0.481 e. The molecule has 2 unspecified atom stereocenters. The number of hydrogen-bond donors (Lipinski definition) is 3. The number of aliphatic carboxylic acids is 1. The van der Waals surface area contributed by atoms with Crippen molar-refractivity contribution in [1.82, 2.24) is 10.6 Å². The number of nitrogens with one attached hydrogen (secondary N) is 2. The number of fused-ring (bicyclic) bond motifs is 3. The van der Waals surface area contributed by atoms with E-state index < -0.39 is 36.4 Å². The summed E-state index contributed by atoms with van der Waals surface area (Å²) in [5, 5.41) is 22.7. The molecule has 0 aromatic heterocycles. The Hall–Kier alpha value is -3.86. The number of carbonyl (C=O) groups excluding carboxylic acids is 2. The van der Waals surface area contributed by atoms with Gasteiger partial charge in [-0.25, -0.2) is 4.79 Å². The van der Waals surface area contributed by atoms with E-state index in [2.05, 4.69) is 10.6 Å². The molecule has 0 spiro atoms. The molecule has 2 atom stereocenters. The first-order chi connectivity index (χ1) is 14.9. The van der Waals surface area contributed by atoms with Crippen molar-refractivity contribution in [3.05, 3.63) is 59.7 Å². The SMILES string of the molecule is CC(C#N)CNC(=O)C(CC(=O)O)NC(=O)OCC1c2ccccc2-c2ccccc21. The van der Waals surface area contributed by atoms with Crippen molar-refractivity contribution in [2.75, 3.05) is 13.2 Å². The predicted molar refractivity (Wildman–Crippen MR) is 112 cm³/mol. The number of amides is 2. The van der Waals surface area contributed by atoms with Crippen LogP contribution in [-0.4, -0.2) is 42.3 Å². The summed E-state index contributed by atoms with van der Waals surface area (Å²) >= 11 is 0. The number of benzene rings is 2. The fourth-order valence-corrected chi connectivity index (χ4v) is 3.59. The number of nitrogens with zero attached hydrogens (tertiary/aromatic N) is 1. The van der Waals surface area contributed by atoms with Crippen LogP contribution < -0.4 is 10.6 Å². The molecule has 2 amide bonds. The van der Waals surface area contributed by atoms with Gasteiger partial charge >= 0.3 is 12.1 Å². The fourth-order valence-electron chi connectivity index (χ4n) is 3.59. The van der Waals surface area contributed by atoms with Gasteiger partial charge in [-0.05, 0) is 29.2 Å². The third-order valence-corrected chi connectivity index (χ3v) is 5.13. The van der Waals surface area contributed by atoms with Gasteiger partial charge in [0, 0.05) is 12.5 Å². The lowest BCUT2D eigenvalue weighted by Gasteiger charge is -2.19.